The van der Waals surface area contributed by atoms with Gasteiger partial charge in [0.2, 0.25) is 0 Å². The van der Waals surface area contributed by atoms with Gasteiger partial charge in [-0.1, -0.05) is 35.7 Å². The van der Waals surface area contributed by atoms with Gasteiger partial charge in [-0.2, -0.15) is 0 Å². The molecule has 1 atom stereocenters. The zero-order chi connectivity index (χ0) is 13.3. The molecule has 3 aliphatic heterocycles. The number of fused-ring (bicyclic) bond motifs is 3. The molecule has 2 heteroatoms. The molecule has 2 bridgehead atoms. The van der Waals surface area contributed by atoms with Crippen molar-refractivity contribution < 1.29 is 4.74 Å². The number of nitrogens with zero attached hydrogens (tertiary/aromatic N) is 1. The summed E-state index contributed by atoms with van der Waals surface area (Å²) in [5, 5.41) is 0. The van der Waals surface area contributed by atoms with Gasteiger partial charge in [-0.25, -0.2) is 0 Å². The molecular formula is C17H21NO. The molecule has 3 fully saturated rings. The molecule has 0 amide bonds. The number of rotatable bonds is 3. The topological polar surface area (TPSA) is 12.5 Å². The largest absolute Gasteiger partial charge is 0.356 e. The molecule has 0 saturated carbocycles. The summed E-state index contributed by atoms with van der Waals surface area (Å²) in [5.41, 5.74) is 2.12. The number of piperidine rings is 3. The normalized spacial score (nSPS) is 33.1. The molecule has 3 saturated heterocycles. The smallest absolute Gasteiger partial charge is 0.144 e. The monoisotopic (exact) mass is 255 g/mol. The van der Waals surface area contributed by atoms with Gasteiger partial charge in [0.15, 0.2) is 0 Å². The second-order valence-corrected chi connectivity index (χ2v) is 5.86. The number of benzene rings is 1. The highest BCUT2D eigenvalue weighted by molar-refractivity contribution is 5.23. The number of terminal acetylenes is 1. The summed E-state index contributed by atoms with van der Waals surface area (Å²) in [6.45, 7) is 5.99. The molecule has 2 nitrogen and oxygen atoms in total. The summed E-state index contributed by atoms with van der Waals surface area (Å²) in [5.74, 6) is 3.50. The van der Waals surface area contributed by atoms with Gasteiger partial charge in [0.05, 0.1) is 6.61 Å². The Balaban J connectivity index is 1.72. The lowest BCUT2D eigenvalue weighted by molar-refractivity contribution is -0.123. The predicted molar refractivity (Wildman–Crippen MR) is 76.7 cm³/mol. The maximum absolute atomic E-state index is 6.22. The van der Waals surface area contributed by atoms with E-state index >= 15 is 0 Å². The summed E-state index contributed by atoms with van der Waals surface area (Å²) >= 11 is 0. The van der Waals surface area contributed by atoms with E-state index in [9.17, 15) is 0 Å². The molecule has 3 heterocycles. The van der Waals surface area contributed by atoms with Gasteiger partial charge in [-0.3, -0.25) is 4.90 Å². The molecule has 0 radical (unpaired) electrons. The maximum Gasteiger partial charge on any atom is 0.144 e. The zero-order valence-corrected chi connectivity index (χ0v) is 11.6. The third-order valence-electron chi connectivity index (χ3n) is 4.53. The Bertz CT molecular complexity index is 496. The van der Waals surface area contributed by atoms with E-state index in [1.165, 1.54) is 37.1 Å². The van der Waals surface area contributed by atoms with Crippen LogP contribution in [0.5, 0.6) is 0 Å². The standard InChI is InChI=1S/C17H21NO/c1-3-17(13-18-9-7-16(17)8-10-18)19-12-15-6-4-5-14(2)11-15/h1,4-6,11,16H,7-10,12-13H2,2H3/t17-/m1/s1. The molecule has 1 aromatic carbocycles. The van der Waals surface area contributed by atoms with Gasteiger partial charge < -0.3 is 4.74 Å². The van der Waals surface area contributed by atoms with E-state index in [1.807, 2.05) is 0 Å². The Hall–Kier alpha value is -1.30. The van der Waals surface area contributed by atoms with Crippen molar-refractivity contribution in [3.05, 3.63) is 35.4 Å². The molecular weight excluding hydrogens is 234 g/mol. The minimum absolute atomic E-state index is 0.361. The molecule has 0 aromatic heterocycles. The lowest BCUT2D eigenvalue weighted by atomic mass is 9.75. The predicted octanol–water partition coefficient (Wildman–Crippen LogP) is 2.61. The van der Waals surface area contributed by atoms with Crippen LogP contribution in [0.3, 0.4) is 0 Å². The Labute approximate surface area is 115 Å². The van der Waals surface area contributed by atoms with Crippen molar-refractivity contribution in [2.45, 2.75) is 32.0 Å². The molecule has 4 rings (SSSR count). The fraction of sp³-hybridized carbons (Fsp3) is 0.529. The lowest BCUT2D eigenvalue weighted by Gasteiger charge is -2.50. The van der Waals surface area contributed by atoms with Crippen molar-refractivity contribution in [2.24, 2.45) is 5.92 Å². The minimum atomic E-state index is -0.361. The summed E-state index contributed by atoms with van der Waals surface area (Å²) < 4.78 is 6.22. The van der Waals surface area contributed by atoms with Crippen LogP contribution in [0, 0.1) is 25.2 Å². The summed E-state index contributed by atoms with van der Waals surface area (Å²) in [6, 6.07) is 8.46. The number of ether oxygens (including phenoxy) is 1. The minimum Gasteiger partial charge on any atom is -0.356 e. The second kappa shape index (κ2) is 5.00. The van der Waals surface area contributed by atoms with E-state index in [4.69, 9.17) is 11.2 Å². The summed E-state index contributed by atoms with van der Waals surface area (Å²) in [7, 11) is 0. The van der Waals surface area contributed by atoms with Gasteiger partial charge in [-0.05, 0) is 38.4 Å². The van der Waals surface area contributed by atoms with E-state index in [0.29, 0.717) is 12.5 Å². The van der Waals surface area contributed by atoms with E-state index in [-0.39, 0.29) is 5.60 Å². The van der Waals surface area contributed by atoms with E-state index < -0.39 is 0 Å². The molecule has 0 aliphatic carbocycles. The average Bonchev–Trinajstić information content (AvgIpc) is 2.46. The first-order chi connectivity index (χ1) is 9.22. The molecule has 0 spiro atoms. The first-order valence-electron chi connectivity index (χ1n) is 7.11. The van der Waals surface area contributed by atoms with Crippen LogP contribution in [0.15, 0.2) is 24.3 Å². The van der Waals surface area contributed by atoms with Gasteiger partial charge in [0, 0.05) is 12.5 Å². The van der Waals surface area contributed by atoms with Crippen LogP contribution in [0.4, 0.5) is 0 Å². The highest BCUT2D eigenvalue weighted by atomic mass is 16.5. The molecule has 0 N–H and O–H groups in total. The van der Waals surface area contributed by atoms with Gasteiger partial charge in [-0.15, -0.1) is 6.42 Å². The van der Waals surface area contributed by atoms with Gasteiger partial charge in [0.25, 0.3) is 0 Å². The molecule has 0 unspecified atom stereocenters. The van der Waals surface area contributed by atoms with Gasteiger partial charge >= 0.3 is 0 Å². The fourth-order valence-corrected chi connectivity index (χ4v) is 3.40. The van der Waals surface area contributed by atoms with Crippen molar-refractivity contribution in [3.8, 4) is 12.3 Å². The zero-order valence-electron chi connectivity index (χ0n) is 11.6. The first kappa shape index (κ1) is 12.7. The van der Waals surface area contributed by atoms with Crippen LogP contribution in [-0.2, 0) is 11.3 Å². The van der Waals surface area contributed by atoms with Crippen LogP contribution in [0.25, 0.3) is 0 Å². The van der Waals surface area contributed by atoms with E-state index in [0.717, 1.165) is 6.54 Å². The molecule has 3 aliphatic rings. The van der Waals surface area contributed by atoms with Crippen LogP contribution >= 0.6 is 0 Å². The van der Waals surface area contributed by atoms with Crippen LogP contribution < -0.4 is 0 Å². The maximum atomic E-state index is 6.22. The molecule has 100 valence electrons. The van der Waals surface area contributed by atoms with Crippen LogP contribution in [-0.4, -0.2) is 30.1 Å². The second-order valence-electron chi connectivity index (χ2n) is 5.86. The SMILES string of the molecule is C#C[C@@]1(OCc2cccc(C)c2)CN2CCC1CC2. The van der Waals surface area contributed by atoms with Crippen molar-refractivity contribution in [1.82, 2.24) is 4.90 Å². The van der Waals surface area contributed by atoms with Crippen molar-refractivity contribution in [1.29, 1.82) is 0 Å². The van der Waals surface area contributed by atoms with E-state index in [1.54, 1.807) is 0 Å². The highest BCUT2D eigenvalue weighted by Gasteiger charge is 2.46. The van der Waals surface area contributed by atoms with Crippen molar-refractivity contribution in [2.75, 3.05) is 19.6 Å². The van der Waals surface area contributed by atoms with Gasteiger partial charge in [0.1, 0.15) is 5.60 Å². The van der Waals surface area contributed by atoms with Crippen molar-refractivity contribution >= 4 is 0 Å². The Morgan fingerprint density at radius 2 is 2.21 bits per heavy atom. The number of hydrogen-bond acceptors (Lipinski definition) is 2. The first-order valence-corrected chi connectivity index (χ1v) is 7.11. The highest BCUT2D eigenvalue weighted by Crippen LogP contribution is 2.38. The lowest BCUT2D eigenvalue weighted by Crippen LogP contribution is -2.59. The quantitative estimate of drug-likeness (QED) is 0.770. The summed E-state index contributed by atoms with van der Waals surface area (Å²) in [4.78, 5) is 2.44. The van der Waals surface area contributed by atoms with Crippen LogP contribution in [0.1, 0.15) is 24.0 Å². The summed E-state index contributed by atoms with van der Waals surface area (Å²) in [6.07, 6.45) is 8.17. The Morgan fingerprint density at radius 3 is 2.79 bits per heavy atom. The third-order valence-corrected chi connectivity index (χ3v) is 4.53. The van der Waals surface area contributed by atoms with E-state index in [2.05, 4.69) is 42.0 Å². The average molecular weight is 255 g/mol. The third kappa shape index (κ3) is 2.41. The molecule has 19 heavy (non-hydrogen) atoms. The Morgan fingerprint density at radius 1 is 1.42 bits per heavy atom. The number of aryl methyl sites for hydroxylation is 1. The Kier molecular flexibility index (Phi) is 3.35. The number of hydrogen-bond donors (Lipinski definition) is 0. The van der Waals surface area contributed by atoms with Crippen molar-refractivity contribution in [3.63, 3.8) is 0 Å². The fourth-order valence-electron chi connectivity index (χ4n) is 3.40. The van der Waals surface area contributed by atoms with Crippen LogP contribution in [0.2, 0.25) is 0 Å². The molecule has 1 aromatic rings.